The van der Waals surface area contributed by atoms with Gasteiger partial charge in [-0.1, -0.05) is 55.5 Å². The van der Waals surface area contributed by atoms with Crippen LogP contribution >= 0.6 is 0 Å². The van der Waals surface area contributed by atoms with Crippen molar-refractivity contribution >= 4 is 28.7 Å². The number of nitrogens with zero attached hydrogens (tertiary/aromatic N) is 1. The number of rotatable bonds is 10. The first-order chi connectivity index (χ1) is 20.1. The summed E-state index contributed by atoms with van der Waals surface area (Å²) in [7, 11) is 0. The van der Waals surface area contributed by atoms with E-state index in [9.17, 15) is 9.59 Å². The van der Waals surface area contributed by atoms with Gasteiger partial charge in [0, 0.05) is 43.1 Å². The Hall–Kier alpha value is -3.72. The van der Waals surface area contributed by atoms with Crippen LogP contribution in [0.3, 0.4) is 0 Å². The van der Waals surface area contributed by atoms with Crippen LogP contribution in [0.2, 0.25) is 0 Å². The van der Waals surface area contributed by atoms with Gasteiger partial charge in [-0.25, -0.2) is 10.3 Å². The minimum atomic E-state index is -0.410. The maximum Gasteiger partial charge on any atom is 0.274 e. The third-order valence-electron chi connectivity index (χ3n) is 7.73. The zero-order chi connectivity index (χ0) is 28.4. The number of carbonyl (C=O) groups excluding carboxylic acids is 2. The van der Waals surface area contributed by atoms with Gasteiger partial charge in [-0.15, -0.1) is 0 Å². The highest BCUT2D eigenvalue weighted by Crippen LogP contribution is 2.26. The molecule has 0 radical (unpaired) electrons. The normalized spacial score (nSPS) is 18.7. The van der Waals surface area contributed by atoms with Crippen LogP contribution in [-0.4, -0.2) is 61.9 Å². The maximum atomic E-state index is 13.5. The lowest BCUT2D eigenvalue weighted by Gasteiger charge is -2.31. The molecular formula is C33H39N3O5. The molecule has 0 saturated carbocycles. The van der Waals surface area contributed by atoms with E-state index in [1.54, 1.807) is 12.1 Å². The molecule has 216 valence electrons. The summed E-state index contributed by atoms with van der Waals surface area (Å²) in [6.45, 7) is 5.90. The largest absolute Gasteiger partial charge is 0.488 e. The lowest BCUT2D eigenvalue weighted by molar-refractivity contribution is -0.186. The predicted molar refractivity (Wildman–Crippen MR) is 159 cm³/mol. The van der Waals surface area contributed by atoms with E-state index < -0.39 is 6.29 Å². The van der Waals surface area contributed by atoms with E-state index in [4.69, 9.17) is 14.3 Å². The number of likely N-dealkylation sites (tertiary alicyclic amines) is 1. The van der Waals surface area contributed by atoms with Crippen LogP contribution in [0.4, 0.5) is 0 Å². The van der Waals surface area contributed by atoms with Crippen LogP contribution < -0.4 is 15.5 Å². The van der Waals surface area contributed by atoms with Crippen molar-refractivity contribution in [3.8, 4) is 5.75 Å². The van der Waals surface area contributed by atoms with Gasteiger partial charge in [0.2, 0.25) is 0 Å². The van der Waals surface area contributed by atoms with Gasteiger partial charge < -0.3 is 19.7 Å². The first kappa shape index (κ1) is 28.8. The van der Waals surface area contributed by atoms with Gasteiger partial charge in [0.1, 0.15) is 12.4 Å². The number of hydrogen-bond acceptors (Lipinski definition) is 6. The molecule has 0 aliphatic carbocycles. The van der Waals surface area contributed by atoms with Gasteiger partial charge >= 0.3 is 0 Å². The topological polar surface area (TPSA) is 89.1 Å². The molecule has 2 fully saturated rings. The van der Waals surface area contributed by atoms with E-state index in [0.29, 0.717) is 17.7 Å². The summed E-state index contributed by atoms with van der Waals surface area (Å²) in [4.78, 5) is 33.9. The smallest absolute Gasteiger partial charge is 0.274 e. The molecule has 2 N–H and O–H groups in total. The second-order valence-corrected chi connectivity index (χ2v) is 10.6. The molecule has 0 spiro atoms. The Kier molecular flexibility index (Phi) is 10.0. The van der Waals surface area contributed by atoms with Crippen molar-refractivity contribution < 1.29 is 23.9 Å². The average molecular weight is 558 g/mol. The number of amides is 2. The minimum Gasteiger partial charge on any atom is -0.488 e. The maximum absolute atomic E-state index is 13.5. The molecule has 2 heterocycles. The highest BCUT2D eigenvalue weighted by molar-refractivity contribution is 5.99. The molecule has 1 atom stereocenters. The molecule has 1 unspecified atom stereocenters. The third-order valence-corrected chi connectivity index (χ3v) is 7.73. The molecule has 0 bridgehead atoms. The van der Waals surface area contributed by atoms with E-state index >= 15 is 0 Å². The van der Waals surface area contributed by atoms with Crippen LogP contribution in [0.25, 0.3) is 16.8 Å². The zero-order valence-electron chi connectivity index (χ0n) is 23.6. The predicted octanol–water partition coefficient (Wildman–Crippen LogP) is 5.09. The fourth-order valence-electron chi connectivity index (χ4n) is 5.24. The summed E-state index contributed by atoms with van der Waals surface area (Å²) in [6.07, 6.45) is 6.05. The highest BCUT2D eigenvalue weighted by Gasteiger charge is 2.22. The number of carbonyl (C=O) groups is 2. The standard InChI is InChI=1S/C33H39N3O5/c1-2-36-19-17-28(18-20-36)34-32(37)27(23-40-30-11-7-9-25-8-3-4-10-29(25)30)22-24-13-15-26(16-14-24)33(38)35-41-31-12-5-6-21-39-31/h3-4,7-11,13-16,22,28,31H,2,5-6,12,17-21,23H2,1H3,(H,34,37)(H,35,38)/b27-22+. The number of fused-ring (bicyclic) bond motifs is 1. The fourth-order valence-corrected chi connectivity index (χ4v) is 5.24. The lowest BCUT2D eigenvalue weighted by atomic mass is 10.0. The number of hydrogen-bond donors (Lipinski definition) is 2. The Labute approximate surface area is 241 Å². The molecule has 8 nitrogen and oxygen atoms in total. The van der Waals surface area contributed by atoms with Crippen molar-refractivity contribution in [2.75, 3.05) is 32.8 Å². The van der Waals surface area contributed by atoms with Gasteiger partial charge in [-0.2, -0.15) is 0 Å². The van der Waals surface area contributed by atoms with E-state index in [2.05, 4.69) is 22.6 Å². The molecule has 3 aromatic carbocycles. The summed E-state index contributed by atoms with van der Waals surface area (Å²) in [6, 6.07) is 21.1. The molecule has 0 aromatic heterocycles. The van der Waals surface area contributed by atoms with Crippen LogP contribution in [0.15, 0.2) is 72.3 Å². The Balaban J connectivity index is 1.28. The van der Waals surface area contributed by atoms with Gasteiger partial charge in [-0.05, 0) is 67.5 Å². The van der Waals surface area contributed by atoms with Gasteiger partial charge in [0.25, 0.3) is 11.8 Å². The SMILES string of the molecule is CCN1CCC(NC(=O)/C(=C/c2ccc(C(=O)NOC3CCCCO3)cc2)COc2cccc3ccccc23)CC1. The second-order valence-electron chi connectivity index (χ2n) is 10.6. The molecule has 2 aliphatic heterocycles. The van der Waals surface area contributed by atoms with Crippen LogP contribution in [0.1, 0.15) is 54.9 Å². The lowest BCUT2D eigenvalue weighted by Crippen LogP contribution is -2.45. The third kappa shape index (κ3) is 7.94. The first-order valence-electron chi connectivity index (χ1n) is 14.6. The second kappa shape index (κ2) is 14.3. The first-order valence-corrected chi connectivity index (χ1v) is 14.6. The van der Waals surface area contributed by atoms with Crippen molar-refractivity contribution in [3.63, 3.8) is 0 Å². The summed E-state index contributed by atoms with van der Waals surface area (Å²) >= 11 is 0. The fraction of sp³-hybridized carbons (Fsp3) is 0.394. The molecular weight excluding hydrogens is 518 g/mol. The molecule has 3 aromatic rings. The Bertz CT molecular complexity index is 1340. The summed E-state index contributed by atoms with van der Waals surface area (Å²) in [5.41, 5.74) is 4.26. The summed E-state index contributed by atoms with van der Waals surface area (Å²) in [5.74, 6) is 0.250. The summed E-state index contributed by atoms with van der Waals surface area (Å²) < 4.78 is 11.7. The van der Waals surface area contributed by atoms with Crippen LogP contribution in [-0.2, 0) is 14.4 Å². The minimum absolute atomic E-state index is 0.116. The van der Waals surface area contributed by atoms with E-state index in [1.165, 1.54) is 0 Å². The number of piperidine rings is 1. The number of hydroxylamine groups is 1. The summed E-state index contributed by atoms with van der Waals surface area (Å²) in [5, 5.41) is 5.31. The number of benzene rings is 3. The monoisotopic (exact) mass is 557 g/mol. The molecule has 41 heavy (non-hydrogen) atoms. The van der Waals surface area contributed by atoms with E-state index in [0.717, 1.165) is 73.8 Å². The molecule has 2 saturated heterocycles. The van der Waals surface area contributed by atoms with Crippen molar-refractivity contribution in [2.24, 2.45) is 0 Å². The van der Waals surface area contributed by atoms with Gasteiger partial charge in [-0.3, -0.25) is 9.59 Å². The highest BCUT2D eigenvalue weighted by atomic mass is 16.8. The Morgan fingerprint density at radius 1 is 0.976 bits per heavy atom. The Morgan fingerprint density at radius 2 is 1.76 bits per heavy atom. The van der Waals surface area contributed by atoms with E-state index in [-0.39, 0.29) is 24.5 Å². The zero-order valence-corrected chi connectivity index (χ0v) is 23.6. The average Bonchev–Trinajstić information content (AvgIpc) is 3.03. The van der Waals surface area contributed by atoms with E-state index in [1.807, 2.05) is 60.7 Å². The van der Waals surface area contributed by atoms with Gasteiger partial charge in [0.15, 0.2) is 6.29 Å². The van der Waals surface area contributed by atoms with Gasteiger partial charge in [0.05, 0.1) is 5.57 Å². The Morgan fingerprint density at radius 3 is 2.51 bits per heavy atom. The van der Waals surface area contributed by atoms with Crippen molar-refractivity contribution in [3.05, 3.63) is 83.4 Å². The quantitative estimate of drug-likeness (QED) is 0.267. The molecule has 2 amide bonds. The van der Waals surface area contributed by atoms with Crippen molar-refractivity contribution in [1.29, 1.82) is 0 Å². The number of ether oxygens (including phenoxy) is 2. The number of nitrogens with one attached hydrogen (secondary N) is 2. The molecule has 2 aliphatic rings. The van der Waals surface area contributed by atoms with Crippen molar-refractivity contribution in [1.82, 2.24) is 15.7 Å². The van der Waals surface area contributed by atoms with Crippen LogP contribution in [0.5, 0.6) is 5.75 Å². The van der Waals surface area contributed by atoms with Crippen LogP contribution in [0, 0.1) is 0 Å². The molecule has 5 rings (SSSR count). The molecule has 8 heteroatoms. The van der Waals surface area contributed by atoms with Crippen molar-refractivity contribution in [2.45, 2.75) is 51.4 Å².